The smallest absolute Gasteiger partial charge is 0.227 e. The average Bonchev–Trinajstić information content (AvgIpc) is 3.42. The number of anilines is 2. The van der Waals surface area contributed by atoms with Crippen LogP contribution in [0, 0.1) is 11.6 Å². The van der Waals surface area contributed by atoms with E-state index in [4.69, 9.17) is 16.3 Å². The fourth-order valence-corrected chi connectivity index (χ4v) is 5.06. The van der Waals surface area contributed by atoms with E-state index in [-0.39, 0.29) is 17.4 Å². The summed E-state index contributed by atoms with van der Waals surface area (Å²) in [7, 11) is 1.20. The van der Waals surface area contributed by atoms with Crippen molar-refractivity contribution in [2.24, 2.45) is 0 Å². The highest BCUT2D eigenvalue weighted by Gasteiger charge is 2.25. The van der Waals surface area contributed by atoms with Gasteiger partial charge in [0.1, 0.15) is 10.9 Å². The molecule has 0 aliphatic carbocycles. The molecule has 0 saturated carbocycles. The van der Waals surface area contributed by atoms with E-state index in [9.17, 15) is 13.9 Å². The molecule has 0 spiro atoms. The van der Waals surface area contributed by atoms with Crippen LogP contribution in [0.3, 0.4) is 0 Å². The van der Waals surface area contributed by atoms with Crippen LogP contribution in [0.2, 0.25) is 5.15 Å². The molecule has 0 atom stereocenters. The number of rotatable bonds is 6. The molecule has 0 fully saturated rings. The number of aryl methyl sites for hydroxylation is 2. The van der Waals surface area contributed by atoms with Gasteiger partial charge < -0.3 is 19.7 Å². The van der Waals surface area contributed by atoms with Crippen molar-refractivity contribution in [3.63, 3.8) is 0 Å². The normalized spacial score (nSPS) is 12.3. The van der Waals surface area contributed by atoms with Crippen molar-refractivity contribution in [3.05, 3.63) is 88.5 Å². The number of nitrogens with one attached hydrogen (secondary N) is 1. The first kappa shape index (κ1) is 23.2. The Labute approximate surface area is 215 Å². The maximum atomic E-state index is 14.1. The third-order valence-electron chi connectivity index (χ3n) is 6.52. The van der Waals surface area contributed by atoms with Crippen molar-refractivity contribution in [2.45, 2.75) is 19.4 Å². The van der Waals surface area contributed by atoms with Gasteiger partial charge in [0, 0.05) is 54.1 Å². The molecule has 4 heterocycles. The Morgan fingerprint density at radius 1 is 1.11 bits per heavy atom. The van der Waals surface area contributed by atoms with Crippen LogP contribution in [0.5, 0.6) is 11.5 Å². The first-order valence-corrected chi connectivity index (χ1v) is 11.9. The third-order valence-corrected chi connectivity index (χ3v) is 6.86. The number of pyridine rings is 1. The number of aromatic hydroxyl groups is 1. The van der Waals surface area contributed by atoms with E-state index >= 15 is 0 Å². The lowest BCUT2D eigenvalue weighted by molar-refractivity contribution is 0.360. The quantitative estimate of drug-likeness (QED) is 0.266. The Balaban J connectivity index is 1.37. The zero-order chi connectivity index (χ0) is 25.7. The largest absolute Gasteiger partial charge is 0.505 e. The zero-order valence-electron chi connectivity index (χ0n) is 19.6. The molecular formula is C27H20ClF2N5O2. The van der Waals surface area contributed by atoms with Gasteiger partial charge in [0.25, 0.3) is 0 Å². The second-order valence-electron chi connectivity index (χ2n) is 8.72. The molecule has 0 radical (unpaired) electrons. The maximum Gasteiger partial charge on any atom is 0.227 e. The molecule has 0 bridgehead atoms. The predicted octanol–water partition coefficient (Wildman–Crippen LogP) is 6.03. The van der Waals surface area contributed by atoms with Gasteiger partial charge in [0.05, 0.1) is 24.0 Å². The summed E-state index contributed by atoms with van der Waals surface area (Å²) in [6, 6.07) is 11.6. The highest BCUT2D eigenvalue weighted by atomic mass is 35.5. The molecule has 186 valence electrons. The highest BCUT2D eigenvalue weighted by Crippen LogP contribution is 2.42. The minimum atomic E-state index is -0.835. The van der Waals surface area contributed by atoms with E-state index in [1.807, 2.05) is 24.3 Å². The highest BCUT2D eigenvalue weighted by molar-refractivity contribution is 6.30. The van der Waals surface area contributed by atoms with Crippen molar-refractivity contribution >= 4 is 34.1 Å². The van der Waals surface area contributed by atoms with Gasteiger partial charge in [-0.1, -0.05) is 17.7 Å². The number of hydrogen-bond acceptors (Lipinski definition) is 6. The molecule has 10 heteroatoms. The molecule has 2 aromatic carbocycles. The first-order chi connectivity index (χ1) is 17.9. The number of benzene rings is 2. The Morgan fingerprint density at radius 2 is 1.92 bits per heavy atom. The summed E-state index contributed by atoms with van der Waals surface area (Å²) >= 11 is 6.27. The molecule has 6 rings (SSSR count). The zero-order valence-corrected chi connectivity index (χ0v) is 20.4. The van der Waals surface area contributed by atoms with Gasteiger partial charge in [-0.15, -0.1) is 0 Å². The number of halogens is 3. The van der Waals surface area contributed by atoms with Crippen molar-refractivity contribution in [2.75, 3.05) is 12.4 Å². The fourth-order valence-electron chi connectivity index (χ4n) is 4.88. The molecule has 0 saturated heterocycles. The summed E-state index contributed by atoms with van der Waals surface area (Å²) in [5, 5.41) is 15.2. The van der Waals surface area contributed by atoms with E-state index in [1.54, 1.807) is 18.5 Å². The number of methoxy groups -OCH3 is 1. The topological polar surface area (TPSA) is 85.1 Å². The molecular weight excluding hydrogens is 500 g/mol. The minimum Gasteiger partial charge on any atom is -0.505 e. The molecule has 1 aliphatic heterocycles. The standard InChI is InChI=1S/C27H20ClF2N5O2/c1-37-25-19(29)12-17(13-20(25)30)33-27-32-7-4-21(34-27)16-9-14-5-8-35-22(24(36)18(10-16)23(14)35)11-15-3-2-6-31-26(15)28/h2-4,6-7,9-10,12-13,36H,5,8,11H2,1H3,(H,32,33,34). The molecule has 0 amide bonds. The summed E-state index contributed by atoms with van der Waals surface area (Å²) in [5.74, 6) is -1.75. The lowest BCUT2D eigenvalue weighted by atomic mass is 10.0. The Hall–Kier alpha value is -4.24. The first-order valence-electron chi connectivity index (χ1n) is 11.5. The monoisotopic (exact) mass is 519 g/mol. The average molecular weight is 520 g/mol. The van der Waals surface area contributed by atoms with E-state index < -0.39 is 17.4 Å². The van der Waals surface area contributed by atoms with E-state index in [1.165, 1.54) is 7.11 Å². The van der Waals surface area contributed by atoms with Crippen LogP contribution in [0.25, 0.3) is 22.2 Å². The van der Waals surface area contributed by atoms with Gasteiger partial charge >= 0.3 is 0 Å². The minimum absolute atomic E-state index is 0.149. The third kappa shape index (κ3) is 4.01. The van der Waals surface area contributed by atoms with Crippen LogP contribution in [-0.2, 0) is 19.4 Å². The van der Waals surface area contributed by atoms with Gasteiger partial charge in [-0.25, -0.2) is 23.7 Å². The van der Waals surface area contributed by atoms with E-state index in [0.717, 1.165) is 58.4 Å². The Morgan fingerprint density at radius 3 is 2.68 bits per heavy atom. The Bertz CT molecular complexity index is 1660. The number of aromatic nitrogens is 4. The van der Waals surface area contributed by atoms with Gasteiger partial charge in [0.15, 0.2) is 17.4 Å². The van der Waals surface area contributed by atoms with Crippen LogP contribution in [0.15, 0.2) is 54.9 Å². The maximum absolute atomic E-state index is 14.1. The van der Waals surface area contributed by atoms with Gasteiger partial charge in [0.2, 0.25) is 5.95 Å². The summed E-state index contributed by atoms with van der Waals surface area (Å²) in [5.41, 5.74) is 5.25. The van der Waals surface area contributed by atoms with Gasteiger partial charge in [-0.2, -0.15) is 0 Å². The molecule has 7 nitrogen and oxygen atoms in total. The van der Waals surface area contributed by atoms with E-state index in [0.29, 0.717) is 17.3 Å². The van der Waals surface area contributed by atoms with Crippen molar-refractivity contribution in [1.82, 2.24) is 19.5 Å². The molecule has 0 unspecified atom stereocenters. The molecule has 5 aromatic rings. The van der Waals surface area contributed by atoms with Crippen molar-refractivity contribution in [1.29, 1.82) is 0 Å². The number of nitrogens with zero attached hydrogens (tertiary/aromatic N) is 4. The molecule has 2 N–H and O–H groups in total. The summed E-state index contributed by atoms with van der Waals surface area (Å²) < 4.78 is 35.1. The molecule has 37 heavy (non-hydrogen) atoms. The van der Waals surface area contributed by atoms with Crippen molar-refractivity contribution < 1.29 is 18.6 Å². The van der Waals surface area contributed by atoms with Gasteiger partial charge in [-0.05, 0) is 41.8 Å². The lowest BCUT2D eigenvalue weighted by Gasteiger charge is -2.10. The Kier molecular flexibility index (Phi) is 5.64. The van der Waals surface area contributed by atoms with Crippen molar-refractivity contribution in [3.8, 4) is 22.8 Å². The van der Waals surface area contributed by atoms with E-state index in [2.05, 4.69) is 24.8 Å². The lowest BCUT2D eigenvalue weighted by Crippen LogP contribution is -2.01. The van der Waals surface area contributed by atoms with Crippen LogP contribution in [-0.4, -0.2) is 31.7 Å². The molecule has 3 aromatic heterocycles. The summed E-state index contributed by atoms with van der Waals surface area (Å²) in [4.78, 5) is 12.9. The summed E-state index contributed by atoms with van der Waals surface area (Å²) in [6.07, 6.45) is 4.47. The van der Waals surface area contributed by atoms with Gasteiger partial charge in [-0.3, -0.25) is 0 Å². The number of ether oxygens (including phenoxy) is 1. The predicted molar refractivity (Wildman–Crippen MR) is 137 cm³/mol. The SMILES string of the molecule is COc1c(F)cc(Nc2nccc(-c3cc4c5c(c3)c(O)c(Cc3cccnc3Cl)n5CC4)n2)cc1F. The van der Waals surface area contributed by atoms with Crippen LogP contribution >= 0.6 is 11.6 Å². The number of hydrogen-bond donors (Lipinski definition) is 2. The summed E-state index contributed by atoms with van der Waals surface area (Å²) in [6.45, 7) is 0.744. The second-order valence-corrected chi connectivity index (χ2v) is 9.08. The molecule has 1 aliphatic rings. The van der Waals surface area contributed by atoms with Crippen LogP contribution in [0.4, 0.5) is 20.4 Å². The van der Waals surface area contributed by atoms with Crippen LogP contribution in [0.1, 0.15) is 16.8 Å². The van der Waals surface area contributed by atoms with Crippen LogP contribution < -0.4 is 10.1 Å². The fraction of sp³-hybridized carbons (Fsp3) is 0.148. The second kappa shape index (κ2) is 9.01.